The third kappa shape index (κ3) is 2.92. The Balaban J connectivity index is 4.16. The average Bonchev–Trinajstić information content (AvgIpc) is 2.00. The molecule has 0 saturated heterocycles. The van der Waals surface area contributed by atoms with Gasteiger partial charge in [0, 0.05) is 0 Å². The summed E-state index contributed by atoms with van der Waals surface area (Å²) < 4.78 is 0. The van der Waals surface area contributed by atoms with Crippen molar-refractivity contribution >= 4 is 14.3 Å². The van der Waals surface area contributed by atoms with E-state index in [0.29, 0.717) is 0 Å². The molecule has 0 aliphatic carbocycles. The van der Waals surface area contributed by atoms with Crippen molar-refractivity contribution in [2.45, 2.75) is 38.9 Å². The second-order valence-electron chi connectivity index (χ2n) is 2.83. The van der Waals surface area contributed by atoms with Crippen LogP contribution in [0.2, 0.25) is 18.1 Å². The molecule has 3 nitrogen and oxygen atoms in total. The Morgan fingerprint density at radius 3 is 1.73 bits per heavy atom. The predicted molar refractivity (Wildman–Crippen MR) is 49.9 cm³/mol. The van der Waals surface area contributed by atoms with Gasteiger partial charge in [0.2, 0.25) is 0 Å². The number of nitrogens with one attached hydrogen (secondary N) is 1. The van der Waals surface area contributed by atoms with Gasteiger partial charge in [-0.1, -0.05) is 20.8 Å². The SMILES string of the molecule is CC[Si](CC)(CC)NC(N)=O. The molecule has 0 heterocycles. The molecule has 0 aliphatic rings. The van der Waals surface area contributed by atoms with Gasteiger partial charge < -0.3 is 10.7 Å². The van der Waals surface area contributed by atoms with E-state index in [1.807, 2.05) is 0 Å². The number of carbonyl (C=O) groups excluding carboxylic acids is 1. The Kier molecular flexibility index (Phi) is 4.18. The van der Waals surface area contributed by atoms with Gasteiger partial charge >= 0.3 is 6.03 Å². The molecule has 0 bridgehead atoms. The number of hydrogen-bond donors (Lipinski definition) is 2. The van der Waals surface area contributed by atoms with Crippen LogP contribution in [0.4, 0.5) is 4.79 Å². The number of hydrogen-bond acceptors (Lipinski definition) is 1. The quantitative estimate of drug-likeness (QED) is 0.626. The number of urea groups is 1. The van der Waals surface area contributed by atoms with E-state index in [4.69, 9.17) is 5.73 Å². The van der Waals surface area contributed by atoms with Gasteiger partial charge in [-0.05, 0) is 18.1 Å². The molecule has 0 aromatic heterocycles. The Morgan fingerprint density at radius 1 is 1.27 bits per heavy atom. The van der Waals surface area contributed by atoms with Gasteiger partial charge in [0.15, 0.2) is 8.24 Å². The van der Waals surface area contributed by atoms with E-state index >= 15 is 0 Å². The Labute approximate surface area is 69.4 Å². The standard InChI is InChI=1S/C7H18N2OSi/c1-4-11(5-2,6-3)9-7(8)10/h4-6H2,1-3H3,(H3,8,9,10). The average molecular weight is 174 g/mol. The summed E-state index contributed by atoms with van der Waals surface area (Å²) in [5.41, 5.74) is 5.09. The topological polar surface area (TPSA) is 55.1 Å². The van der Waals surface area contributed by atoms with Crippen molar-refractivity contribution in [3.8, 4) is 0 Å². The fourth-order valence-electron chi connectivity index (χ4n) is 1.28. The van der Waals surface area contributed by atoms with E-state index in [1.54, 1.807) is 0 Å². The Bertz CT molecular complexity index is 126. The molecule has 0 aromatic rings. The minimum atomic E-state index is -1.51. The number of nitrogens with two attached hydrogens (primary N) is 1. The molecular formula is C7H18N2OSi. The van der Waals surface area contributed by atoms with Crippen molar-refractivity contribution in [3.63, 3.8) is 0 Å². The Morgan fingerprint density at radius 2 is 1.64 bits per heavy atom. The fourth-order valence-corrected chi connectivity index (χ4v) is 3.83. The van der Waals surface area contributed by atoms with Gasteiger partial charge in [-0.15, -0.1) is 0 Å². The van der Waals surface area contributed by atoms with Crippen LogP contribution < -0.4 is 10.7 Å². The zero-order chi connectivity index (χ0) is 8.91. The van der Waals surface area contributed by atoms with Crippen molar-refractivity contribution in [3.05, 3.63) is 0 Å². The predicted octanol–water partition coefficient (Wildman–Crippen LogP) is 1.66. The number of amides is 2. The highest BCUT2D eigenvalue weighted by Crippen LogP contribution is 2.15. The number of carbonyl (C=O) groups is 1. The summed E-state index contributed by atoms with van der Waals surface area (Å²) in [6.45, 7) is 6.36. The van der Waals surface area contributed by atoms with Crippen LogP contribution in [-0.4, -0.2) is 14.3 Å². The fraction of sp³-hybridized carbons (Fsp3) is 0.857. The summed E-state index contributed by atoms with van der Waals surface area (Å²) in [7, 11) is -1.51. The van der Waals surface area contributed by atoms with Crippen LogP contribution >= 0.6 is 0 Å². The lowest BCUT2D eigenvalue weighted by atomic mass is 10.9. The third-order valence-electron chi connectivity index (χ3n) is 2.42. The molecule has 66 valence electrons. The first-order chi connectivity index (χ1) is 5.10. The van der Waals surface area contributed by atoms with E-state index < -0.39 is 8.24 Å². The minimum absolute atomic E-state index is 0.359. The normalized spacial score (nSPS) is 11.2. The van der Waals surface area contributed by atoms with E-state index in [1.165, 1.54) is 0 Å². The van der Waals surface area contributed by atoms with Gasteiger partial charge in [0.25, 0.3) is 0 Å². The molecule has 0 radical (unpaired) electrons. The van der Waals surface area contributed by atoms with Crippen LogP contribution in [0, 0.1) is 0 Å². The van der Waals surface area contributed by atoms with Crippen molar-refractivity contribution in [1.82, 2.24) is 4.98 Å². The van der Waals surface area contributed by atoms with Gasteiger partial charge in [-0.3, -0.25) is 4.79 Å². The zero-order valence-corrected chi connectivity index (χ0v) is 8.61. The van der Waals surface area contributed by atoms with Gasteiger partial charge in [0.05, 0.1) is 0 Å². The van der Waals surface area contributed by atoms with Crippen molar-refractivity contribution in [1.29, 1.82) is 0 Å². The monoisotopic (exact) mass is 174 g/mol. The van der Waals surface area contributed by atoms with Crippen LogP contribution in [0.5, 0.6) is 0 Å². The maximum Gasteiger partial charge on any atom is 0.304 e. The summed E-state index contributed by atoms with van der Waals surface area (Å²) in [4.78, 5) is 13.6. The van der Waals surface area contributed by atoms with E-state index in [9.17, 15) is 4.79 Å². The van der Waals surface area contributed by atoms with Crippen LogP contribution in [0.25, 0.3) is 0 Å². The summed E-state index contributed by atoms with van der Waals surface area (Å²) >= 11 is 0. The maximum absolute atomic E-state index is 10.6. The molecule has 0 saturated carbocycles. The van der Waals surface area contributed by atoms with E-state index in [0.717, 1.165) is 18.1 Å². The van der Waals surface area contributed by atoms with Gasteiger partial charge in [-0.2, -0.15) is 0 Å². The molecule has 0 rings (SSSR count). The maximum atomic E-state index is 10.6. The Hall–Kier alpha value is -0.513. The summed E-state index contributed by atoms with van der Waals surface area (Å²) in [5.74, 6) is 0. The molecule has 0 fully saturated rings. The van der Waals surface area contributed by atoms with Crippen molar-refractivity contribution < 1.29 is 4.79 Å². The zero-order valence-electron chi connectivity index (χ0n) is 7.61. The largest absolute Gasteiger partial charge is 0.364 e. The second-order valence-corrected chi connectivity index (χ2v) is 7.76. The first-order valence-corrected chi connectivity index (χ1v) is 6.80. The molecule has 11 heavy (non-hydrogen) atoms. The molecule has 3 N–H and O–H groups in total. The molecule has 0 aliphatic heterocycles. The smallest absolute Gasteiger partial charge is 0.304 e. The van der Waals surface area contributed by atoms with Crippen LogP contribution in [-0.2, 0) is 0 Å². The van der Waals surface area contributed by atoms with Crippen molar-refractivity contribution in [2.24, 2.45) is 5.73 Å². The lowest BCUT2D eigenvalue weighted by molar-refractivity contribution is 0.253. The number of rotatable bonds is 4. The van der Waals surface area contributed by atoms with Gasteiger partial charge in [-0.25, -0.2) is 0 Å². The molecule has 0 aromatic carbocycles. The first-order valence-electron chi connectivity index (χ1n) is 4.17. The lowest BCUT2D eigenvalue weighted by Crippen LogP contribution is -2.53. The lowest BCUT2D eigenvalue weighted by Gasteiger charge is -2.27. The van der Waals surface area contributed by atoms with Crippen LogP contribution in [0.3, 0.4) is 0 Å². The summed E-state index contributed by atoms with van der Waals surface area (Å²) in [5, 5.41) is 0. The molecule has 0 unspecified atom stereocenters. The second kappa shape index (κ2) is 4.38. The van der Waals surface area contributed by atoms with E-state index in [2.05, 4.69) is 25.8 Å². The van der Waals surface area contributed by atoms with Crippen LogP contribution in [0.1, 0.15) is 20.8 Å². The number of primary amides is 1. The van der Waals surface area contributed by atoms with Gasteiger partial charge in [0.1, 0.15) is 0 Å². The summed E-state index contributed by atoms with van der Waals surface area (Å²) in [6, 6.07) is 2.86. The van der Waals surface area contributed by atoms with E-state index in [-0.39, 0.29) is 6.03 Å². The molecule has 0 spiro atoms. The minimum Gasteiger partial charge on any atom is -0.364 e. The third-order valence-corrected chi connectivity index (χ3v) is 7.26. The van der Waals surface area contributed by atoms with Crippen LogP contribution in [0.15, 0.2) is 0 Å². The highest BCUT2D eigenvalue weighted by atomic mass is 28.3. The molecule has 0 atom stereocenters. The summed E-state index contributed by atoms with van der Waals surface area (Å²) in [6.07, 6.45) is 0. The van der Waals surface area contributed by atoms with Crippen molar-refractivity contribution in [2.75, 3.05) is 0 Å². The highest BCUT2D eigenvalue weighted by molar-refractivity contribution is 6.79. The highest BCUT2D eigenvalue weighted by Gasteiger charge is 2.28. The molecule has 4 heteroatoms. The molecule has 2 amide bonds. The first kappa shape index (κ1) is 10.5. The molecular weight excluding hydrogens is 156 g/mol.